The molecule has 1 heterocycles. The quantitative estimate of drug-likeness (QED) is 0.925. The van der Waals surface area contributed by atoms with Gasteiger partial charge in [-0.1, -0.05) is 29.8 Å². The van der Waals surface area contributed by atoms with Crippen LogP contribution in [0.5, 0.6) is 0 Å². The molecule has 0 spiro atoms. The molecular weight excluding hydrogens is 300 g/mol. The molecule has 0 aliphatic heterocycles. The normalized spacial score (nSPS) is 10.3. The average molecular weight is 309 g/mol. The first-order valence-electron chi connectivity index (χ1n) is 5.13. The molecule has 4 nitrogen and oxygen atoms in total. The third-order valence-corrected chi connectivity index (χ3v) is 3.17. The van der Waals surface area contributed by atoms with E-state index in [0.717, 1.165) is 5.56 Å². The lowest BCUT2D eigenvalue weighted by atomic mass is 10.1. The number of halogens is 1. The number of carboxylic acid groups (broad SMARTS) is 1. The van der Waals surface area contributed by atoms with Gasteiger partial charge in [-0.25, -0.2) is 4.79 Å². The fraction of sp³-hybridized carbons (Fsp3) is 0.0769. The van der Waals surface area contributed by atoms with E-state index in [0.29, 0.717) is 5.56 Å². The maximum atomic E-state index is 11.6. The summed E-state index contributed by atoms with van der Waals surface area (Å²) in [6.07, 6.45) is 0. The second-order valence-corrected chi connectivity index (χ2v) is 4.58. The summed E-state index contributed by atoms with van der Waals surface area (Å²) in [6, 6.07) is 8.52. The maximum Gasteiger partial charge on any atom is 0.373 e. The van der Waals surface area contributed by atoms with Crippen molar-refractivity contribution in [1.29, 1.82) is 0 Å². The summed E-state index contributed by atoms with van der Waals surface area (Å²) in [6.45, 7) is 1.93. The summed E-state index contributed by atoms with van der Waals surface area (Å²) in [5, 5.41) is 8.94. The summed E-state index contributed by atoms with van der Waals surface area (Å²) in [5.41, 5.74) is 1.30. The second-order valence-electron chi connectivity index (χ2n) is 3.79. The number of rotatable bonds is 2. The summed E-state index contributed by atoms with van der Waals surface area (Å²) < 4.78 is 5.15. The minimum Gasteiger partial charge on any atom is -0.475 e. The van der Waals surface area contributed by atoms with E-state index in [9.17, 15) is 9.59 Å². The molecule has 92 valence electrons. The fourth-order valence-electron chi connectivity index (χ4n) is 1.48. The van der Waals surface area contributed by atoms with Crippen LogP contribution in [0, 0.1) is 6.92 Å². The van der Waals surface area contributed by atoms with Crippen LogP contribution in [-0.2, 0) is 0 Å². The van der Waals surface area contributed by atoms with Gasteiger partial charge >= 0.3 is 5.97 Å². The number of aromatic carboxylic acids is 1. The maximum absolute atomic E-state index is 11.6. The molecular formula is C13H9BrO4. The van der Waals surface area contributed by atoms with Gasteiger partial charge in [0.2, 0.25) is 11.2 Å². The van der Waals surface area contributed by atoms with E-state index in [1.165, 1.54) is 6.07 Å². The molecule has 1 aromatic heterocycles. The third kappa shape index (κ3) is 2.36. The lowest BCUT2D eigenvalue weighted by Gasteiger charge is -2.04. The summed E-state index contributed by atoms with van der Waals surface area (Å²) in [5.74, 6) is -1.44. The zero-order chi connectivity index (χ0) is 13.3. The van der Waals surface area contributed by atoms with Crippen LogP contribution >= 0.6 is 15.9 Å². The van der Waals surface area contributed by atoms with Gasteiger partial charge in [0.05, 0.1) is 0 Å². The van der Waals surface area contributed by atoms with Gasteiger partial charge < -0.3 is 9.52 Å². The molecule has 0 aliphatic rings. The monoisotopic (exact) mass is 308 g/mol. The van der Waals surface area contributed by atoms with E-state index < -0.39 is 17.2 Å². The first-order chi connectivity index (χ1) is 8.49. The minimum absolute atomic E-state index is 0.0779. The molecule has 0 fully saturated rings. The predicted octanol–water partition coefficient (Wildman–Crippen LogP) is 3.08. The number of hydrogen-bond acceptors (Lipinski definition) is 3. The van der Waals surface area contributed by atoms with E-state index in [1.807, 2.05) is 19.1 Å². The molecule has 2 rings (SSSR count). The van der Waals surface area contributed by atoms with Gasteiger partial charge in [-0.2, -0.15) is 0 Å². The van der Waals surface area contributed by atoms with Crippen molar-refractivity contribution in [2.45, 2.75) is 6.92 Å². The van der Waals surface area contributed by atoms with Crippen LogP contribution in [0.3, 0.4) is 0 Å². The molecule has 18 heavy (non-hydrogen) atoms. The number of carbonyl (C=O) groups is 1. The molecule has 0 radical (unpaired) electrons. The van der Waals surface area contributed by atoms with Gasteiger partial charge in [0, 0.05) is 11.6 Å². The SMILES string of the molecule is Cc1ccc(-c2cc(=O)c(Br)c(C(=O)O)o2)cc1. The van der Waals surface area contributed by atoms with Crippen molar-refractivity contribution in [3.8, 4) is 11.3 Å². The Morgan fingerprint density at radius 2 is 1.89 bits per heavy atom. The lowest BCUT2D eigenvalue weighted by Crippen LogP contribution is -2.09. The van der Waals surface area contributed by atoms with E-state index in [-0.39, 0.29) is 10.2 Å². The van der Waals surface area contributed by atoms with Crippen LogP contribution in [0.4, 0.5) is 0 Å². The molecule has 5 heteroatoms. The van der Waals surface area contributed by atoms with Gasteiger partial charge in [-0.15, -0.1) is 0 Å². The highest BCUT2D eigenvalue weighted by atomic mass is 79.9. The smallest absolute Gasteiger partial charge is 0.373 e. The van der Waals surface area contributed by atoms with E-state index in [1.54, 1.807) is 12.1 Å². The van der Waals surface area contributed by atoms with Crippen LogP contribution in [-0.4, -0.2) is 11.1 Å². The Morgan fingerprint density at radius 1 is 1.28 bits per heavy atom. The van der Waals surface area contributed by atoms with Gasteiger partial charge in [0.15, 0.2) is 0 Å². The van der Waals surface area contributed by atoms with E-state index in [4.69, 9.17) is 9.52 Å². The summed E-state index contributed by atoms with van der Waals surface area (Å²) in [4.78, 5) is 22.6. The Balaban J connectivity index is 2.62. The molecule has 0 unspecified atom stereocenters. The van der Waals surface area contributed by atoms with Gasteiger partial charge in [-0.05, 0) is 22.9 Å². The molecule has 0 atom stereocenters. The second kappa shape index (κ2) is 4.78. The van der Waals surface area contributed by atoms with Gasteiger partial charge in [-0.3, -0.25) is 4.79 Å². The highest BCUT2D eigenvalue weighted by Gasteiger charge is 2.16. The van der Waals surface area contributed by atoms with Gasteiger partial charge in [0.25, 0.3) is 0 Å². The standard InChI is InChI=1S/C13H9BrO4/c1-7-2-4-8(5-3-7)10-6-9(15)11(14)12(18-10)13(16)17/h2-6H,1H3,(H,16,17). The van der Waals surface area contributed by atoms with Crippen LogP contribution in [0.1, 0.15) is 16.1 Å². The lowest BCUT2D eigenvalue weighted by molar-refractivity contribution is 0.0659. The van der Waals surface area contributed by atoms with Crippen LogP contribution in [0.15, 0.2) is 44.0 Å². The molecule has 0 saturated heterocycles. The number of carboxylic acids is 1. The van der Waals surface area contributed by atoms with Crippen molar-refractivity contribution in [1.82, 2.24) is 0 Å². The summed E-state index contributed by atoms with van der Waals surface area (Å²) in [7, 11) is 0. The Morgan fingerprint density at radius 3 is 2.44 bits per heavy atom. The van der Waals surface area contributed by atoms with Crippen LogP contribution in [0.25, 0.3) is 11.3 Å². The Bertz CT molecular complexity index is 656. The first-order valence-corrected chi connectivity index (χ1v) is 5.92. The topological polar surface area (TPSA) is 67.5 Å². The minimum atomic E-state index is -1.28. The highest BCUT2D eigenvalue weighted by Crippen LogP contribution is 2.23. The molecule has 0 aliphatic carbocycles. The zero-order valence-electron chi connectivity index (χ0n) is 9.44. The number of hydrogen-bond donors (Lipinski definition) is 1. The van der Waals surface area contributed by atoms with Crippen molar-refractivity contribution in [2.24, 2.45) is 0 Å². The summed E-state index contributed by atoms with van der Waals surface area (Å²) >= 11 is 2.91. The largest absolute Gasteiger partial charge is 0.475 e. The van der Waals surface area contributed by atoms with E-state index >= 15 is 0 Å². The third-order valence-electron chi connectivity index (χ3n) is 2.42. The van der Waals surface area contributed by atoms with E-state index in [2.05, 4.69) is 15.9 Å². The fourth-order valence-corrected chi connectivity index (χ4v) is 1.84. The average Bonchev–Trinajstić information content (AvgIpc) is 2.33. The molecule has 1 N–H and O–H groups in total. The number of aryl methyl sites for hydroxylation is 1. The van der Waals surface area contributed by atoms with Crippen molar-refractivity contribution in [3.63, 3.8) is 0 Å². The molecule has 2 aromatic rings. The predicted molar refractivity (Wildman–Crippen MR) is 69.8 cm³/mol. The van der Waals surface area contributed by atoms with Crippen molar-refractivity contribution < 1.29 is 14.3 Å². The van der Waals surface area contributed by atoms with Crippen molar-refractivity contribution >= 4 is 21.9 Å². The Kier molecular flexibility index (Phi) is 3.34. The first kappa shape index (κ1) is 12.6. The van der Waals surface area contributed by atoms with Gasteiger partial charge in [0.1, 0.15) is 10.2 Å². The molecule has 0 amide bonds. The zero-order valence-corrected chi connectivity index (χ0v) is 11.0. The van der Waals surface area contributed by atoms with Crippen molar-refractivity contribution in [2.75, 3.05) is 0 Å². The Hall–Kier alpha value is -1.88. The Labute approximate surface area is 111 Å². The van der Waals surface area contributed by atoms with Crippen LogP contribution < -0.4 is 5.43 Å². The molecule has 0 bridgehead atoms. The number of benzene rings is 1. The van der Waals surface area contributed by atoms with Crippen LogP contribution in [0.2, 0.25) is 0 Å². The highest BCUT2D eigenvalue weighted by molar-refractivity contribution is 9.10. The molecule has 0 saturated carbocycles. The van der Waals surface area contributed by atoms with Crippen molar-refractivity contribution in [3.05, 3.63) is 56.4 Å². The molecule has 1 aromatic carbocycles.